The highest BCUT2D eigenvalue weighted by molar-refractivity contribution is 7.92. The van der Waals surface area contributed by atoms with Gasteiger partial charge in [-0.2, -0.15) is 0 Å². The quantitative estimate of drug-likeness (QED) is 0.362. The van der Waals surface area contributed by atoms with Crippen LogP contribution in [0, 0.1) is 5.21 Å². The summed E-state index contributed by atoms with van der Waals surface area (Å²) in [5.41, 5.74) is 0.0854. The van der Waals surface area contributed by atoms with E-state index in [1.54, 1.807) is 42.5 Å². The van der Waals surface area contributed by atoms with Gasteiger partial charge >= 0.3 is 0 Å². The van der Waals surface area contributed by atoms with Crippen molar-refractivity contribution < 1.29 is 12.6 Å². The minimum Gasteiger partial charge on any atom is -0.612 e. The van der Waals surface area contributed by atoms with E-state index >= 15 is 0 Å². The van der Waals surface area contributed by atoms with E-state index < -0.39 is 18.9 Å². The van der Waals surface area contributed by atoms with Gasteiger partial charge in [-0.25, -0.2) is 12.6 Å². The number of hydrogen-bond acceptors (Lipinski definition) is 3. The first-order valence-corrected chi connectivity index (χ1v) is 10.8. The summed E-state index contributed by atoms with van der Waals surface area (Å²) in [4.78, 5) is -2.41. The van der Waals surface area contributed by atoms with Crippen LogP contribution in [0.3, 0.4) is 0 Å². The first kappa shape index (κ1) is 21.1. The lowest BCUT2D eigenvalue weighted by molar-refractivity contribution is -0.782. The Morgan fingerprint density at radius 1 is 0.821 bits per heavy atom. The number of halogens is 3. The van der Waals surface area contributed by atoms with Gasteiger partial charge in [0.2, 0.25) is 9.84 Å². The molecule has 28 heavy (non-hydrogen) atoms. The molecular formula is C20H16Cl3NO3S. The smallest absolute Gasteiger partial charge is 0.274 e. The second-order valence-corrected chi connectivity index (χ2v) is 9.77. The molecule has 0 amide bonds. The van der Waals surface area contributed by atoms with E-state index in [9.17, 15) is 13.6 Å². The summed E-state index contributed by atoms with van der Waals surface area (Å²) in [5.74, 6) is 0. The van der Waals surface area contributed by atoms with Crippen molar-refractivity contribution in [3.05, 3.63) is 105 Å². The summed E-state index contributed by atoms with van der Waals surface area (Å²) < 4.78 is 26.2. The fraction of sp³-hybridized carbons (Fsp3) is 0.100. The first-order chi connectivity index (χ1) is 13.1. The average molecular weight is 457 g/mol. The maximum atomic E-state index is 14.0. The molecule has 3 aromatic carbocycles. The highest BCUT2D eigenvalue weighted by Gasteiger charge is 2.60. The standard InChI is InChI=1S/C20H16Cl3NO3S/c1-24(23,25)20(15-9-4-2-5-10-15,19-17(21)13-8-14-18(19)22)28(26,27)16-11-6-3-7-12-16/h2-14H,1H3. The number of benzene rings is 3. The lowest BCUT2D eigenvalue weighted by atomic mass is 9.97. The topological polar surface area (TPSA) is 57.2 Å². The fourth-order valence-electron chi connectivity index (χ4n) is 3.33. The Kier molecular flexibility index (Phi) is 5.79. The van der Waals surface area contributed by atoms with E-state index in [2.05, 4.69) is 0 Å². The molecule has 8 heteroatoms. The van der Waals surface area contributed by atoms with Gasteiger partial charge in [0.1, 0.15) is 0 Å². The van der Waals surface area contributed by atoms with Crippen LogP contribution in [0.5, 0.6) is 0 Å². The fourth-order valence-corrected chi connectivity index (χ4v) is 6.79. The highest BCUT2D eigenvalue weighted by Crippen LogP contribution is 2.53. The lowest BCUT2D eigenvalue weighted by Gasteiger charge is -2.47. The van der Waals surface area contributed by atoms with E-state index in [4.69, 9.17) is 35.0 Å². The molecule has 0 spiro atoms. The lowest BCUT2D eigenvalue weighted by Crippen LogP contribution is -2.56. The van der Waals surface area contributed by atoms with E-state index in [1.165, 1.54) is 36.4 Å². The van der Waals surface area contributed by atoms with Crippen LogP contribution in [0.4, 0.5) is 0 Å². The van der Waals surface area contributed by atoms with E-state index in [1.807, 2.05) is 0 Å². The molecule has 0 aliphatic carbocycles. The van der Waals surface area contributed by atoms with Crippen molar-refractivity contribution in [2.75, 3.05) is 7.05 Å². The average Bonchev–Trinajstić information content (AvgIpc) is 2.65. The van der Waals surface area contributed by atoms with Crippen molar-refractivity contribution in [1.29, 1.82) is 0 Å². The molecule has 0 fully saturated rings. The van der Waals surface area contributed by atoms with Gasteiger partial charge in [-0.3, -0.25) is 0 Å². The highest BCUT2D eigenvalue weighted by atomic mass is 35.5. The molecule has 2 atom stereocenters. The van der Waals surface area contributed by atoms with Crippen molar-refractivity contribution in [2.24, 2.45) is 0 Å². The molecule has 0 N–H and O–H groups in total. The van der Waals surface area contributed by atoms with Gasteiger partial charge in [0, 0.05) is 5.56 Å². The Morgan fingerprint density at radius 3 is 1.75 bits per heavy atom. The van der Waals surface area contributed by atoms with Crippen molar-refractivity contribution in [3.63, 3.8) is 0 Å². The SMILES string of the molecule is C[N+]([O-])(Cl)C(c1ccccc1)(c1c(Cl)cccc1Cl)S(=O)(=O)c1ccccc1. The summed E-state index contributed by atoms with van der Waals surface area (Å²) in [6.07, 6.45) is 0. The molecule has 0 bridgehead atoms. The van der Waals surface area contributed by atoms with Crippen LogP contribution in [-0.4, -0.2) is 19.6 Å². The molecule has 2 unspecified atom stereocenters. The van der Waals surface area contributed by atoms with Gasteiger partial charge in [0.05, 0.1) is 27.6 Å². The van der Waals surface area contributed by atoms with Crippen LogP contribution in [0.25, 0.3) is 0 Å². The van der Waals surface area contributed by atoms with Gasteiger partial charge in [-0.05, 0) is 24.3 Å². The molecule has 0 heterocycles. The summed E-state index contributed by atoms with van der Waals surface area (Å²) in [6, 6.07) is 20.2. The Hall–Kier alpha value is -1.60. The maximum absolute atomic E-state index is 14.0. The van der Waals surface area contributed by atoms with Crippen LogP contribution in [0.1, 0.15) is 11.1 Å². The van der Waals surface area contributed by atoms with Crippen LogP contribution in [0.2, 0.25) is 10.0 Å². The summed E-state index contributed by atoms with van der Waals surface area (Å²) in [5, 5.41) is 13.5. The van der Waals surface area contributed by atoms with Gasteiger partial charge < -0.3 is 5.21 Å². The molecule has 0 saturated carbocycles. The van der Waals surface area contributed by atoms with Crippen molar-refractivity contribution in [2.45, 2.75) is 9.77 Å². The van der Waals surface area contributed by atoms with Gasteiger partial charge in [-0.1, -0.05) is 77.8 Å². The minimum atomic E-state index is -4.41. The Balaban J connectivity index is 2.58. The molecule has 0 aromatic heterocycles. The zero-order valence-electron chi connectivity index (χ0n) is 14.7. The number of rotatable bonds is 5. The van der Waals surface area contributed by atoms with Crippen LogP contribution < -0.4 is 0 Å². The summed E-state index contributed by atoms with van der Waals surface area (Å²) >= 11 is 19.1. The molecular weight excluding hydrogens is 441 g/mol. The van der Waals surface area contributed by atoms with E-state index in [-0.39, 0.29) is 26.1 Å². The number of nitrogens with zero attached hydrogens (tertiary/aromatic N) is 1. The number of sulfone groups is 1. The predicted molar refractivity (Wildman–Crippen MR) is 113 cm³/mol. The Bertz CT molecular complexity index is 1060. The van der Waals surface area contributed by atoms with Gasteiger partial charge in [0.15, 0.2) is 11.8 Å². The van der Waals surface area contributed by atoms with Gasteiger partial charge in [0.25, 0.3) is 4.87 Å². The van der Waals surface area contributed by atoms with Crippen LogP contribution in [-0.2, 0) is 14.7 Å². The first-order valence-electron chi connectivity index (χ1n) is 8.21. The Labute approximate surface area is 179 Å². The third-order valence-electron chi connectivity index (χ3n) is 4.47. The van der Waals surface area contributed by atoms with Crippen molar-refractivity contribution >= 4 is 44.8 Å². The number of hydroxylamine groups is 2. The largest absolute Gasteiger partial charge is 0.612 e. The van der Waals surface area contributed by atoms with E-state index in [0.717, 1.165) is 7.05 Å². The summed E-state index contributed by atoms with van der Waals surface area (Å²) in [7, 11) is -3.36. The third-order valence-corrected chi connectivity index (χ3v) is 7.91. The molecule has 0 saturated heterocycles. The molecule has 3 rings (SSSR count). The molecule has 0 aliphatic rings. The minimum absolute atomic E-state index is 0.0247. The molecule has 4 nitrogen and oxygen atoms in total. The number of hydrogen-bond donors (Lipinski definition) is 0. The second-order valence-electron chi connectivity index (χ2n) is 6.24. The van der Waals surface area contributed by atoms with Gasteiger partial charge in [-0.15, -0.1) is 0 Å². The molecule has 0 radical (unpaired) electrons. The van der Waals surface area contributed by atoms with Crippen LogP contribution >= 0.6 is 35.0 Å². The second kappa shape index (κ2) is 7.67. The third kappa shape index (κ3) is 3.22. The maximum Gasteiger partial charge on any atom is 0.274 e. The monoisotopic (exact) mass is 455 g/mol. The van der Waals surface area contributed by atoms with E-state index in [0.29, 0.717) is 0 Å². The van der Waals surface area contributed by atoms with Crippen molar-refractivity contribution in [3.8, 4) is 0 Å². The number of quaternary nitrogens is 1. The molecule has 0 aliphatic heterocycles. The van der Waals surface area contributed by atoms with Crippen LogP contribution in [0.15, 0.2) is 83.8 Å². The Morgan fingerprint density at radius 2 is 1.29 bits per heavy atom. The zero-order valence-corrected chi connectivity index (χ0v) is 17.8. The molecule has 3 aromatic rings. The normalized spacial score (nSPS) is 16.2. The molecule has 146 valence electrons. The van der Waals surface area contributed by atoms with Crippen molar-refractivity contribution in [1.82, 2.24) is 0 Å². The predicted octanol–water partition coefficient (Wildman–Crippen LogP) is 5.77. The zero-order chi connectivity index (χ0) is 20.6. The summed E-state index contributed by atoms with van der Waals surface area (Å²) in [6.45, 7) is 0.